The fraction of sp³-hybridized carbons (Fsp3) is 0.800. The maximum atomic E-state index is 11.9. The molecule has 0 bridgehead atoms. The molecule has 0 aromatic rings. The van der Waals surface area contributed by atoms with Crippen molar-refractivity contribution in [3.63, 3.8) is 0 Å². The van der Waals surface area contributed by atoms with Crippen molar-refractivity contribution in [2.75, 3.05) is 0 Å². The third kappa shape index (κ3) is 3.84. The zero-order valence-corrected chi connectivity index (χ0v) is 11.3. The molecule has 2 N–H and O–H groups in total. The van der Waals surface area contributed by atoms with Crippen LogP contribution in [0, 0.1) is 5.92 Å². The van der Waals surface area contributed by atoms with Crippen LogP contribution in [0.1, 0.15) is 58.3 Å². The highest BCUT2D eigenvalue weighted by Crippen LogP contribution is 2.27. The summed E-state index contributed by atoms with van der Waals surface area (Å²) in [7, 11) is 0. The SMILES string of the molecule is CC1CCC(=CC(=O)NC2CCCCC2O)CC1. The number of carbonyl (C=O) groups excluding carboxylic acids is 1. The highest BCUT2D eigenvalue weighted by molar-refractivity contribution is 5.88. The molecule has 2 aliphatic rings. The molecule has 18 heavy (non-hydrogen) atoms. The van der Waals surface area contributed by atoms with Crippen molar-refractivity contribution in [2.45, 2.75) is 70.4 Å². The van der Waals surface area contributed by atoms with Gasteiger partial charge in [0.15, 0.2) is 0 Å². The van der Waals surface area contributed by atoms with Gasteiger partial charge in [0.2, 0.25) is 5.91 Å². The number of allylic oxidation sites excluding steroid dienone is 1. The molecule has 0 aromatic heterocycles. The standard InChI is InChI=1S/C15H25NO2/c1-11-6-8-12(9-7-11)10-15(18)16-13-4-2-3-5-14(13)17/h10-11,13-14,17H,2-9H2,1H3,(H,16,18). The van der Waals surface area contributed by atoms with E-state index in [0.717, 1.165) is 44.4 Å². The van der Waals surface area contributed by atoms with Crippen LogP contribution in [-0.2, 0) is 4.79 Å². The molecule has 0 heterocycles. The Balaban J connectivity index is 1.82. The van der Waals surface area contributed by atoms with Crippen LogP contribution in [0.3, 0.4) is 0 Å². The van der Waals surface area contributed by atoms with Crippen LogP contribution in [0.25, 0.3) is 0 Å². The van der Waals surface area contributed by atoms with Gasteiger partial charge in [0.1, 0.15) is 0 Å². The number of carbonyl (C=O) groups is 1. The third-order valence-corrected chi connectivity index (χ3v) is 4.31. The van der Waals surface area contributed by atoms with E-state index < -0.39 is 0 Å². The van der Waals surface area contributed by atoms with Gasteiger partial charge in [-0.1, -0.05) is 25.3 Å². The average molecular weight is 251 g/mol. The lowest BCUT2D eigenvalue weighted by Crippen LogP contribution is -2.44. The van der Waals surface area contributed by atoms with Gasteiger partial charge in [-0.2, -0.15) is 0 Å². The molecule has 2 fully saturated rings. The van der Waals surface area contributed by atoms with Crippen molar-refractivity contribution in [1.29, 1.82) is 0 Å². The fourth-order valence-corrected chi connectivity index (χ4v) is 2.97. The van der Waals surface area contributed by atoms with Crippen LogP contribution in [-0.4, -0.2) is 23.2 Å². The van der Waals surface area contributed by atoms with Gasteiger partial charge in [-0.15, -0.1) is 0 Å². The summed E-state index contributed by atoms with van der Waals surface area (Å²) in [5.41, 5.74) is 1.27. The number of amides is 1. The molecular weight excluding hydrogens is 226 g/mol. The lowest BCUT2D eigenvalue weighted by Gasteiger charge is -2.28. The number of hydrogen-bond acceptors (Lipinski definition) is 2. The summed E-state index contributed by atoms with van der Waals surface area (Å²) in [6.45, 7) is 2.27. The molecule has 2 unspecified atom stereocenters. The summed E-state index contributed by atoms with van der Waals surface area (Å²) in [5, 5.41) is 12.8. The Morgan fingerprint density at radius 2 is 1.89 bits per heavy atom. The van der Waals surface area contributed by atoms with E-state index in [2.05, 4.69) is 12.2 Å². The quantitative estimate of drug-likeness (QED) is 0.741. The van der Waals surface area contributed by atoms with Crippen molar-refractivity contribution in [3.05, 3.63) is 11.6 Å². The second-order valence-corrected chi connectivity index (χ2v) is 5.95. The van der Waals surface area contributed by atoms with Gasteiger partial charge >= 0.3 is 0 Å². The summed E-state index contributed by atoms with van der Waals surface area (Å²) in [6, 6.07) is -0.0365. The van der Waals surface area contributed by atoms with Crippen molar-refractivity contribution >= 4 is 5.91 Å². The number of nitrogens with one attached hydrogen (secondary N) is 1. The Hall–Kier alpha value is -0.830. The smallest absolute Gasteiger partial charge is 0.244 e. The molecule has 2 saturated carbocycles. The first-order valence-electron chi connectivity index (χ1n) is 7.33. The van der Waals surface area contributed by atoms with Crippen LogP contribution in [0.4, 0.5) is 0 Å². The van der Waals surface area contributed by atoms with Crippen molar-refractivity contribution in [2.24, 2.45) is 5.92 Å². The normalized spacial score (nSPS) is 33.0. The van der Waals surface area contributed by atoms with Crippen molar-refractivity contribution in [1.82, 2.24) is 5.32 Å². The molecule has 102 valence electrons. The van der Waals surface area contributed by atoms with E-state index >= 15 is 0 Å². The largest absolute Gasteiger partial charge is 0.391 e. The molecule has 2 aliphatic carbocycles. The molecule has 2 rings (SSSR count). The zero-order chi connectivity index (χ0) is 13.0. The van der Waals surface area contributed by atoms with Gasteiger partial charge in [-0.3, -0.25) is 4.79 Å². The average Bonchev–Trinajstić information content (AvgIpc) is 2.35. The Kier molecular flexibility index (Phi) is 4.81. The highest BCUT2D eigenvalue weighted by atomic mass is 16.3. The van der Waals surface area contributed by atoms with E-state index in [1.54, 1.807) is 6.08 Å². The Bertz CT molecular complexity index is 314. The van der Waals surface area contributed by atoms with E-state index in [9.17, 15) is 9.90 Å². The second-order valence-electron chi connectivity index (χ2n) is 5.95. The first kappa shape index (κ1) is 13.6. The Morgan fingerprint density at radius 3 is 2.56 bits per heavy atom. The number of rotatable bonds is 2. The van der Waals surface area contributed by atoms with E-state index in [0.29, 0.717) is 0 Å². The minimum absolute atomic E-state index is 0.00879. The van der Waals surface area contributed by atoms with Gasteiger partial charge in [0.05, 0.1) is 12.1 Å². The zero-order valence-electron chi connectivity index (χ0n) is 11.3. The van der Waals surface area contributed by atoms with Gasteiger partial charge in [-0.05, 0) is 44.4 Å². The number of hydrogen-bond donors (Lipinski definition) is 2. The highest BCUT2D eigenvalue weighted by Gasteiger charge is 2.24. The molecular formula is C15H25NO2. The maximum absolute atomic E-state index is 11.9. The van der Waals surface area contributed by atoms with Gasteiger partial charge in [0.25, 0.3) is 0 Å². The topological polar surface area (TPSA) is 49.3 Å². The molecule has 0 spiro atoms. The van der Waals surface area contributed by atoms with Crippen LogP contribution < -0.4 is 5.32 Å². The monoisotopic (exact) mass is 251 g/mol. The molecule has 2 atom stereocenters. The molecule has 3 nitrogen and oxygen atoms in total. The van der Waals surface area contributed by atoms with E-state index in [1.165, 1.54) is 18.4 Å². The Labute approximate surface area is 110 Å². The van der Waals surface area contributed by atoms with Crippen LogP contribution >= 0.6 is 0 Å². The molecule has 3 heteroatoms. The number of aliphatic hydroxyl groups is 1. The first-order chi connectivity index (χ1) is 8.65. The summed E-state index contributed by atoms with van der Waals surface area (Å²) in [4.78, 5) is 11.9. The van der Waals surface area contributed by atoms with E-state index in [1.807, 2.05) is 0 Å². The molecule has 1 amide bonds. The summed E-state index contributed by atoms with van der Waals surface area (Å²) < 4.78 is 0. The minimum atomic E-state index is -0.354. The van der Waals surface area contributed by atoms with Crippen molar-refractivity contribution in [3.8, 4) is 0 Å². The van der Waals surface area contributed by atoms with Crippen LogP contribution in [0.2, 0.25) is 0 Å². The predicted octanol–water partition coefficient (Wildman–Crippen LogP) is 2.54. The number of aliphatic hydroxyl groups excluding tert-OH is 1. The molecule has 0 aromatic carbocycles. The Morgan fingerprint density at radius 1 is 1.22 bits per heavy atom. The van der Waals surface area contributed by atoms with Crippen molar-refractivity contribution < 1.29 is 9.90 Å². The van der Waals surface area contributed by atoms with Crippen LogP contribution in [0.5, 0.6) is 0 Å². The lowest BCUT2D eigenvalue weighted by molar-refractivity contribution is -0.118. The summed E-state index contributed by atoms with van der Waals surface area (Å²) in [5.74, 6) is 0.788. The molecule has 0 radical (unpaired) electrons. The minimum Gasteiger partial charge on any atom is -0.391 e. The maximum Gasteiger partial charge on any atom is 0.244 e. The van der Waals surface area contributed by atoms with Crippen LogP contribution in [0.15, 0.2) is 11.6 Å². The molecule has 0 aliphatic heterocycles. The fourth-order valence-electron chi connectivity index (χ4n) is 2.97. The van der Waals surface area contributed by atoms with E-state index in [4.69, 9.17) is 0 Å². The lowest BCUT2D eigenvalue weighted by atomic mass is 9.87. The second kappa shape index (κ2) is 6.37. The van der Waals surface area contributed by atoms with E-state index in [-0.39, 0.29) is 18.1 Å². The first-order valence-corrected chi connectivity index (χ1v) is 7.33. The van der Waals surface area contributed by atoms with Gasteiger partial charge < -0.3 is 10.4 Å². The van der Waals surface area contributed by atoms with Gasteiger partial charge in [-0.25, -0.2) is 0 Å². The van der Waals surface area contributed by atoms with Gasteiger partial charge in [0, 0.05) is 6.08 Å². The predicted molar refractivity (Wildman–Crippen MR) is 72.1 cm³/mol. The summed E-state index contributed by atoms with van der Waals surface area (Å²) in [6.07, 6.45) is 9.84. The summed E-state index contributed by atoms with van der Waals surface area (Å²) >= 11 is 0. The molecule has 0 saturated heterocycles. The third-order valence-electron chi connectivity index (χ3n) is 4.31.